The first-order valence-electron chi connectivity index (χ1n) is 7.67. The fourth-order valence-electron chi connectivity index (χ4n) is 2.15. The quantitative estimate of drug-likeness (QED) is 0.708. The monoisotopic (exact) mass is 288 g/mol. The largest absolute Gasteiger partial charge is 0.494 e. The summed E-state index contributed by atoms with van der Waals surface area (Å²) in [4.78, 5) is 0. The van der Waals surface area contributed by atoms with Gasteiger partial charge in [-0.05, 0) is 37.7 Å². The molecule has 1 aromatic carbocycles. The maximum absolute atomic E-state index is 5.73. The summed E-state index contributed by atoms with van der Waals surface area (Å²) in [5, 5.41) is 7.07. The smallest absolute Gasteiger partial charge is 0.167 e. The highest BCUT2D eigenvalue weighted by atomic mass is 16.5. The van der Waals surface area contributed by atoms with E-state index in [0.29, 0.717) is 6.54 Å². The maximum Gasteiger partial charge on any atom is 0.167 e. The maximum atomic E-state index is 5.73. The van der Waals surface area contributed by atoms with Crippen LogP contribution in [0.2, 0.25) is 0 Å². The van der Waals surface area contributed by atoms with Crippen molar-refractivity contribution >= 4 is 0 Å². The van der Waals surface area contributed by atoms with Crippen LogP contribution in [-0.4, -0.2) is 18.8 Å². The van der Waals surface area contributed by atoms with Gasteiger partial charge in [0, 0.05) is 18.2 Å². The van der Waals surface area contributed by atoms with Crippen molar-refractivity contribution in [3.8, 4) is 17.1 Å². The lowest BCUT2D eigenvalue weighted by atomic mass is 10.1. The number of hydrogen-bond acceptors (Lipinski definition) is 4. The van der Waals surface area contributed by atoms with Gasteiger partial charge in [0.05, 0.1) is 12.3 Å². The van der Waals surface area contributed by atoms with Crippen molar-refractivity contribution in [3.63, 3.8) is 0 Å². The van der Waals surface area contributed by atoms with E-state index in [1.165, 1.54) is 19.3 Å². The summed E-state index contributed by atoms with van der Waals surface area (Å²) in [5.41, 5.74) is 1.92. The summed E-state index contributed by atoms with van der Waals surface area (Å²) in [5.74, 6) is 1.69. The van der Waals surface area contributed by atoms with Gasteiger partial charge in [-0.25, -0.2) is 0 Å². The zero-order valence-corrected chi connectivity index (χ0v) is 12.9. The molecule has 0 saturated heterocycles. The molecule has 114 valence electrons. The lowest BCUT2D eigenvalue weighted by Crippen LogP contribution is -2.04. The lowest BCUT2D eigenvalue weighted by molar-refractivity contribution is 0.305. The van der Waals surface area contributed by atoms with Gasteiger partial charge < -0.3 is 14.6 Å². The van der Waals surface area contributed by atoms with Gasteiger partial charge >= 0.3 is 0 Å². The molecule has 0 atom stereocenters. The van der Waals surface area contributed by atoms with Crippen LogP contribution < -0.4 is 10.1 Å². The van der Waals surface area contributed by atoms with E-state index < -0.39 is 0 Å². The molecule has 1 aromatic heterocycles. The van der Waals surface area contributed by atoms with Gasteiger partial charge in [-0.2, -0.15) is 0 Å². The minimum atomic E-state index is 0.711. The number of hydrogen-bond donors (Lipinski definition) is 1. The lowest BCUT2D eigenvalue weighted by Gasteiger charge is -2.06. The summed E-state index contributed by atoms with van der Waals surface area (Å²) in [6.45, 7) is 3.71. The molecule has 1 N–H and O–H groups in total. The van der Waals surface area contributed by atoms with Gasteiger partial charge in [0.15, 0.2) is 5.76 Å². The van der Waals surface area contributed by atoms with E-state index in [9.17, 15) is 0 Å². The highest BCUT2D eigenvalue weighted by Gasteiger charge is 2.06. The predicted octanol–water partition coefficient (Wildman–Crippen LogP) is 4.02. The van der Waals surface area contributed by atoms with Crippen LogP contribution in [0, 0.1) is 0 Å². The Kier molecular flexibility index (Phi) is 6.28. The van der Waals surface area contributed by atoms with Crippen molar-refractivity contribution in [2.45, 2.75) is 39.2 Å². The summed E-state index contributed by atoms with van der Waals surface area (Å²) < 4.78 is 11.1. The van der Waals surface area contributed by atoms with Gasteiger partial charge in [0.25, 0.3) is 0 Å². The van der Waals surface area contributed by atoms with Crippen LogP contribution in [0.3, 0.4) is 0 Å². The topological polar surface area (TPSA) is 47.3 Å². The standard InChI is InChI=1S/C17H24N2O2/c1-3-4-5-6-11-20-16-9-7-14(8-10-16)17-12-15(13-18-2)19-21-17/h7-10,12,18H,3-6,11,13H2,1-2H3. The molecule has 0 radical (unpaired) electrons. The Morgan fingerprint density at radius 2 is 1.95 bits per heavy atom. The van der Waals surface area contributed by atoms with Gasteiger partial charge in [0.1, 0.15) is 5.75 Å². The summed E-state index contributed by atoms with van der Waals surface area (Å²) in [6, 6.07) is 9.93. The number of ether oxygens (including phenoxy) is 1. The molecule has 0 amide bonds. The van der Waals surface area contributed by atoms with Gasteiger partial charge in [-0.3, -0.25) is 0 Å². The molecule has 0 bridgehead atoms. The van der Waals surface area contributed by atoms with Crippen LogP contribution in [0.15, 0.2) is 34.9 Å². The van der Waals surface area contributed by atoms with Crippen LogP contribution in [0.5, 0.6) is 5.75 Å². The first-order valence-corrected chi connectivity index (χ1v) is 7.67. The number of unbranched alkanes of at least 4 members (excludes halogenated alkanes) is 3. The van der Waals surface area contributed by atoms with Crippen molar-refractivity contribution in [3.05, 3.63) is 36.0 Å². The fourth-order valence-corrected chi connectivity index (χ4v) is 2.15. The molecule has 4 nitrogen and oxygen atoms in total. The van der Waals surface area contributed by atoms with Crippen molar-refractivity contribution in [2.24, 2.45) is 0 Å². The minimum Gasteiger partial charge on any atom is -0.494 e. The van der Waals surface area contributed by atoms with Crippen LogP contribution >= 0.6 is 0 Å². The van der Waals surface area contributed by atoms with Gasteiger partial charge in [0.2, 0.25) is 0 Å². The third-order valence-corrected chi connectivity index (χ3v) is 3.32. The highest BCUT2D eigenvalue weighted by molar-refractivity contribution is 5.58. The molecular weight excluding hydrogens is 264 g/mol. The molecule has 0 fully saturated rings. The number of aromatic nitrogens is 1. The van der Waals surface area contributed by atoms with Crippen molar-refractivity contribution < 1.29 is 9.26 Å². The van der Waals surface area contributed by atoms with Crippen LogP contribution in [0.4, 0.5) is 0 Å². The molecular formula is C17H24N2O2. The SMILES string of the molecule is CCCCCCOc1ccc(-c2cc(CNC)no2)cc1. The van der Waals surface area contributed by atoms with Crippen molar-refractivity contribution in [1.82, 2.24) is 10.5 Å². The first kappa shape index (κ1) is 15.6. The minimum absolute atomic E-state index is 0.711. The Hall–Kier alpha value is -1.81. The van der Waals surface area contributed by atoms with E-state index in [-0.39, 0.29) is 0 Å². The normalized spacial score (nSPS) is 10.8. The Labute approximate surface area is 126 Å². The van der Waals surface area contributed by atoms with E-state index in [0.717, 1.165) is 35.8 Å². The predicted molar refractivity (Wildman–Crippen MR) is 84.3 cm³/mol. The zero-order chi connectivity index (χ0) is 14.9. The van der Waals surface area contributed by atoms with Crippen LogP contribution in [0.1, 0.15) is 38.3 Å². The molecule has 0 aliphatic carbocycles. The Bertz CT molecular complexity index is 520. The number of rotatable bonds is 9. The van der Waals surface area contributed by atoms with E-state index in [1.54, 1.807) is 0 Å². The van der Waals surface area contributed by atoms with Crippen LogP contribution in [0.25, 0.3) is 11.3 Å². The number of nitrogens with one attached hydrogen (secondary N) is 1. The fraction of sp³-hybridized carbons (Fsp3) is 0.471. The second-order valence-electron chi connectivity index (χ2n) is 5.15. The molecule has 0 aliphatic rings. The zero-order valence-electron chi connectivity index (χ0n) is 12.9. The molecule has 0 saturated carbocycles. The third kappa shape index (κ3) is 4.90. The Morgan fingerprint density at radius 3 is 2.67 bits per heavy atom. The Balaban J connectivity index is 1.86. The average molecular weight is 288 g/mol. The molecule has 21 heavy (non-hydrogen) atoms. The van der Waals surface area contributed by atoms with Gasteiger partial charge in [-0.15, -0.1) is 0 Å². The highest BCUT2D eigenvalue weighted by Crippen LogP contribution is 2.23. The van der Waals surface area contributed by atoms with Crippen molar-refractivity contribution in [1.29, 1.82) is 0 Å². The van der Waals surface area contributed by atoms with E-state index in [4.69, 9.17) is 9.26 Å². The second-order valence-corrected chi connectivity index (χ2v) is 5.15. The molecule has 0 unspecified atom stereocenters. The molecule has 2 rings (SSSR count). The molecule has 1 heterocycles. The average Bonchev–Trinajstić information content (AvgIpc) is 2.97. The van der Waals surface area contributed by atoms with E-state index in [1.807, 2.05) is 37.4 Å². The molecule has 0 aliphatic heterocycles. The van der Waals surface area contributed by atoms with Gasteiger partial charge in [-0.1, -0.05) is 31.3 Å². The summed E-state index contributed by atoms with van der Waals surface area (Å²) in [6.07, 6.45) is 4.89. The van der Waals surface area contributed by atoms with Crippen LogP contribution in [-0.2, 0) is 6.54 Å². The number of benzene rings is 1. The first-order chi connectivity index (χ1) is 10.3. The van der Waals surface area contributed by atoms with E-state index >= 15 is 0 Å². The third-order valence-electron chi connectivity index (χ3n) is 3.32. The number of nitrogens with zero attached hydrogens (tertiary/aromatic N) is 1. The second kappa shape index (κ2) is 8.47. The Morgan fingerprint density at radius 1 is 1.14 bits per heavy atom. The summed E-state index contributed by atoms with van der Waals surface area (Å²) in [7, 11) is 1.89. The van der Waals surface area contributed by atoms with E-state index in [2.05, 4.69) is 17.4 Å². The molecule has 0 spiro atoms. The molecule has 2 aromatic rings. The molecule has 4 heteroatoms. The van der Waals surface area contributed by atoms with Crippen molar-refractivity contribution in [2.75, 3.05) is 13.7 Å². The summed E-state index contributed by atoms with van der Waals surface area (Å²) >= 11 is 0.